The third kappa shape index (κ3) is 6.51. The van der Waals surface area contributed by atoms with Crippen LogP contribution in [0.5, 0.6) is 0 Å². The highest BCUT2D eigenvalue weighted by molar-refractivity contribution is 6.10. The molecular formula is C25H27FN6O3. The Kier molecular flexibility index (Phi) is 7.84. The Morgan fingerprint density at radius 2 is 1.49 bits per heavy atom. The summed E-state index contributed by atoms with van der Waals surface area (Å²) in [7, 11) is 0. The fraction of sp³-hybridized carbons (Fsp3) is 0.280. The molecule has 2 aromatic carbocycles. The molecule has 4 N–H and O–H groups in total. The first-order chi connectivity index (χ1) is 17.0. The molecule has 1 saturated heterocycles. The number of carbonyl (C=O) groups is 3. The third-order valence-electron chi connectivity index (χ3n) is 5.75. The number of carbonyl (C=O) groups excluding carboxylic acids is 3. The van der Waals surface area contributed by atoms with Crippen LogP contribution in [0.25, 0.3) is 0 Å². The SMILES string of the molecule is O=C(Nc1ccc(NC(=O)c2nc[nH]c2C(=O)NCCN2CCCCC2)cc1)c1ccc(F)cc1. The molecule has 4 rings (SSSR count). The predicted octanol–water partition coefficient (Wildman–Crippen LogP) is 3.27. The van der Waals surface area contributed by atoms with Crippen LogP contribution in [0.3, 0.4) is 0 Å². The van der Waals surface area contributed by atoms with Gasteiger partial charge in [0.2, 0.25) is 0 Å². The summed E-state index contributed by atoms with van der Waals surface area (Å²) in [4.78, 5) is 46.6. The van der Waals surface area contributed by atoms with E-state index in [1.54, 1.807) is 24.3 Å². The second-order valence-electron chi connectivity index (χ2n) is 8.28. The average molecular weight is 479 g/mol. The van der Waals surface area contributed by atoms with E-state index in [1.807, 2.05) is 0 Å². The number of anilines is 2. The van der Waals surface area contributed by atoms with Gasteiger partial charge in [-0.2, -0.15) is 0 Å². The molecule has 10 heteroatoms. The largest absolute Gasteiger partial charge is 0.349 e. The molecular weight excluding hydrogens is 451 g/mol. The molecule has 0 radical (unpaired) electrons. The summed E-state index contributed by atoms with van der Waals surface area (Å²) in [5.74, 6) is -1.72. The van der Waals surface area contributed by atoms with E-state index in [0.717, 1.165) is 19.6 Å². The van der Waals surface area contributed by atoms with Crippen molar-refractivity contribution in [3.8, 4) is 0 Å². The Bertz CT molecular complexity index is 1170. The van der Waals surface area contributed by atoms with Crippen LogP contribution in [0.1, 0.15) is 50.6 Å². The molecule has 1 aromatic heterocycles. The zero-order valence-corrected chi connectivity index (χ0v) is 19.1. The van der Waals surface area contributed by atoms with E-state index in [0.29, 0.717) is 23.5 Å². The molecule has 0 aliphatic carbocycles. The lowest BCUT2D eigenvalue weighted by Gasteiger charge is -2.26. The van der Waals surface area contributed by atoms with Gasteiger partial charge in [-0.05, 0) is 74.5 Å². The number of likely N-dealkylation sites (tertiary alicyclic amines) is 1. The molecule has 35 heavy (non-hydrogen) atoms. The van der Waals surface area contributed by atoms with Crippen LogP contribution in [0.15, 0.2) is 54.9 Å². The molecule has 9 nitrogen and oxygen atoms in total. The maximum Gasteiger partial charge on any atom is 0.276 e. The highest BCUT2D eigenvalue weighted by Crippen LogP contribution is 2.16. The molecule has 182 valence electrons. The van der Waals surface area contributed by atoms with Crippen molar-refractivity contribution in [1.29, 1.82) is 0 Å². The Morgan fingerprint density at radius 1 is 0.857 bits per heavy atom. The standard InChI is InChI=1S/C25H27FN6O3/c26-18-6-4-17(5-7-18)23(33)30-19-8-10-20(11-9-19)31-25(35)22-21(28-16-29-22)24(34)27-12-15-32-13-2-1-3-14-32/h4-11,16H,1-3,12-15H2,(H,27,34)(H,28,29)(H,30,33)(H,31,35). The number of hydrogen-bond donors (Lipinski definition) is 4. The molecule has 0 atom stereocenters. The quantitative estimate of drug-likeness (QED) is 0.396. The predicted molar refractivity (Wildman–Crippen MR) is 130 cm³/mol. The zero-order chi connectivity index (χ0) is 24.6. The first kappa shape index (κ1) is 24.1. The van der Waals surface area contributed by atoms with Crippen LogP contribution in [-0.2, 0) is 0 Å². The van der Waals surface area contributed by atoms with Gasteiger partial charge in [0, 0.05) is 30.0 Å². The fourth-order valence-corrected chi connectivity index (χ4v) is 3.87. The van der Waals surface area contributed by atoms with Crippen molar-refractivity contribution < 1.29 is 18.8 Å². The monoisotopic (exact) mass is 478 g/mol. The van der Waals surface area contributed by atoms with Crippen LogP contribution in [0.4, 0.5) is 15.8 Å². The number of piperidine rings is 1. The number of nitrogens with zero attached hydrogens (tertiary/aromatic N) is 2. The van der Waals surface area contributed by atoms with E-state index < -0.39 is 11.7 Å². The molecule has 0 spiro atoms. The highest BCUT2D eigenvalue weighted by atomic mass is 19.1. The van der Waals surface area contributed by atoms with Gasteiger partial charge in [-0.15, -0.1) is 0 Å². The van der Waals surface area contributed by atoms with Gasteiger partial charge in [-0.1, -0.05) is 6.42 Å². The van der Waals surface area contributed by atoms with Crippen LogP contribution in [0.2, 0.25) is 0 Å². The van der Waals surface area contributed by atoms with E-state index in [1.165, 1.54) is 49.9 Å². The Labute approximate surface area is 202 Å². The first-order valence-electron chi connectivity index (χ1n) is 11.5. The van der Waals surface area contributed by atoms with Gasteiger partial charge in [0.1, 0.15) is 11.5 Å². The van der Waals surface area contributed by atoms with E-state index >= 15 is 0 Å². The number of halogens is 1. The van der Waals surface area contributed by atoms with Gasteiger partial charge in [0.25, 0.3) is 17.7 Å². The number of H-pyrrole nitrogens is 1. The maximum atomic E-state index is 13.0. The minimum atomic E-state index is -0.532. The molecule has 0 unspecified atom stereocenters. The number of amides is 3. The Morgan fingerprint density at radius 3 is 2.14 bits per heavy atom. The number of aromatic amines is 1. The smallest absolute Gasteiger partial charge is 0.276 e. The molecule has 2 heterocycles. The minimum Gasteiger partial charge on any atom is -0.349 e. The summed E-state index contributed by atoms with van der Waals surface area (Å²) in [5.41, 5.74) is 1.39. The van der Waals surface area contributed by atoms with Crippen molar-refractivity contribution in [3.05, 3.63) is 77.6 Å². The lowest BCUT2D eigenvalue weighted by atomic mass is 10.1. The zero-order valence-electron chi connectivity index (χ0n) is 19.1. The normalized spacial score (nSPS) is 13.7. The molecule has 1 aliphatic heterocycles. The highest BCUT2D eigenvalue weighted by Gasteiger charge is 2.21. The van der Waals surface area contributed by atoms with Gasteiger partial charge in [-0.25, -0.2) is 9.37 Å². The molecule has 1 aliphatic rings. The number of imidazole rings is 1. The number of rotatable bonds is 8. The fourth-order valence-electron chi connectivity index (χ4n) is 3.87. The van der Waals surface area contributed by atoms with Crippen LogP contribution in [0, 0.1) is 5.82 Å². The number of aromatic nitrogens is 2. The van der Waals surface area contributed by atoms with Gasteiger partial charge >= 0.3 is 0 Å². The van der Waals surface area contributed by atoms with Crippen molar-refractivity contribution in [2.24, 2.45) is 0 Å². The van der Waals surface area contributed by atoms with Gasteiger partial charge in [0.15, 0.2) is 5.69 Å². The molecule has 0 bridgehead atoms. The topological polar surface area (TPSA) is 119 Å². The minimum absolute atomic E-state index is 0.00541. The van der Waals surface area contributed by atoms with Gasteiger partial charge < -0.3 is 25.8 Å². The summed E-state index contributed by atoms with van der Waals surface area (Å²) in [6, 6.07) is 11.7. The van der Waals surface area contributed by atoms with Crippen molar-refractivity contribution in [2.75, 3.05) is 36.8 Å². The van der Waals surface area contributed by atoms with E-state index in [-0.39, 0.29) is 23.2 Å². The van der Waals surface area contributed by atoms with Crippen LogP contribution < -0.4 is 16.0 Å². The number of nitrogens with one attached hydrogen (secondary N) is 4. The summed E-state index contributed by atoms with van der Waals surface area (Å²) >= 11 is 0. The Hall–Kier alpha value is -4.05. The third-order valence-corrected chi connectivity index (χ3v) is 5.75. The van der Waals surface area contributed by atoms with Crippen molar-refractivity contribution in [1.82, 2.24) is 20.2 Å². The van der Waals surface area contributed by atoms with Crippen LogP contribution in [-0.4, -0.2) is 58.8 Å². The van der Waals surface area contributed by atoms with E-state index in [2.05, 4.69) is 30.8 Å². The summed E-state index contributed by atoms with van der Waals surface area (Å²) < 4.78 is 13.0. The van der Waals surface area contributed by atoms with Gasteiger partial charge in [-0.3, -0.25) is 14.4 Å². The summed E-state index contributed by atoms with van der Waals surface area (Å²) in [5, 5.41) is 8.25. The first-order valence-corrected chi connectivity index (χ1v) is 11.5. The van der Waals surface area contributed by atoms with E-state index in [4.69, 9.17) is 0 Å². The maximum absolute atomic E-state index is 13.0. The van der Waals surface area contributed by atoms with Crippen molar-refractivity contribution in [2.45, 2.75) is 19.3 Å². The number of benzene rings is 2. The number of hydrogen-bond acceptors (Lipinski definition) is 5. The summed E-state index contributed by atoms with van der Waals surface area (Å²) in [6.45, 7) is 3.35. The second-order valence-corrected chi connectivity index (χ2v) is 8.28. The van der Waals surface area contributed by atoms with E-state index in [9.17, 15) is 18.8 Å². The van der Waals surface area contributed by atoms with Crippen molar-refractivity contribution in [3.63, 3.8) is 0 Å². The molecule has 3 amide bonds. The molecule has 3 aromatic rings. The summed E-state index contributed by atoms with van der Waals surface area (Å²) in [6.07, 6.45) is 4.92. The average Bonchev–Trinajstić information content (AvgIpc) is 3.37. The molecule has 0 saturated carbocycles. The second kappa shape index (κ2) is 11.4. The lowest BCUT2D eigenvalue weighted by molar-refractivity contribution is 0.0929. The lowest BCUT2D eigenvalue weighted by Crippen LogP contribution is -2.38. The van der Waals surface area contributed by atoms with Crippen LogP contribution >= 0.6 is 0 Å². The molecule has 1 fully saturated rings. The van der Waals surface area contributed by atoms with Crippen molar-refractivity contribution >= 4 is 29.1 Å². The van der Waals surface area contributed by atoms with Gasteiger partial charge in [0.05, 0.1) is 6.33 Å². The Balaban J connectivity index is 1.30.